The molecule has 28 heavy (non-hydrogen) atoms. The Balaban J connectivity index is 2.06. The van der Waals surface area contributed by atoms with Gasteiger partial charge in [0.25, 0.3) is 0 Å². The van der Waals surface area contributed by atoms with Gasteiger partial charge in [0.05, 0.1) is 33.7 Å². The van der Waals surface area contributed by atoms with Crippen molar-refractivity contribution in [2.75, 3.05) is 0 Å². The summed E-state index contributed by atoms with van der Waals surface area (Å²) in [6.45, 7) is 5.31. The highest BCUT2D eigenvalue weighted by atomic mass is 32.2. The summed E-state index contributed by atoms with van der Waals surface area (Å²) in [4.78, 5) is 15.6. The molecule has 1 aromatic heterocycles. The first kappa shape index (κ1) is 22.3. The number of alkyl halides is 3. The Labute approximate surface area is 165 Å². The molecule has 0 radical (unpaired) electrons. The Morgan fingerprint density at radius 2 is 1.86 bits per heavy atom. The van der Waals surface area contributed by atoms with Crippen LogP contribution in [0.5, 0.6) is 0 Å². The van der Waals surface area contributed by atoms with Gasteiger partial charge in [0, 0.05) is 11.3 Å². The zero-order chi connectivity index (χ0) is 21.1. The van der Waals surface area contributed by atoms with Crippen LogP contribution in [0.2, 0.25) is 0 Å². The number of carbonyl (C=O) groups is 1. The van der Waals surface area contributed by atoms with Gasteiger partial charge in [0.15, 0.2) is 0 Å². The molecule has 0 saturated heterocycles. The molecule has 2 N–H and O–H groups in total. The summed E-state index contributed by atoms with van der Waals surface area (Å²) < 4.78 is 65.9. The van der Waals surface area contributed by atoms with Gasteiger partial charge in [0.1, 0.15) is 0 Å². The standard InChI is InChI=1S/C17H20F3N3O3S2/c1-10(2)16-22-12(9-27-16)8-21-15(24)11(3)23-28(25,26)14-7-5-4-6-13(14)17(18,19)20/h4-7,9-11,23H,8H2,1-3H3,(H,21,24)/t11-/m0/s1. The number of rotatable bonds is 7. The van der Waals surface area contributed by atoms with Crippen LogP contribution in [0.15, 0.2) is 34.5 Å². The lowest BCUT2D eigenvalue weighted by molar-refractivity contribution is -0.139. The van der Waals surface area contributed by atoms with E-state index in [-0.39, 0.29) is 12.5 Å². The van der Waals surface area contributed by atoms with Crippen LogP contribution in [-0.4, -0.2) is 25.4 Å². The fourth-order valence-corrected chi connectivity index (χ4v) is 4.55. The fraction of sp³-hybridized carbons (Fsp3) is 0.412. The molecule has 1 aromatic carbocycles. The molecule has 0 aliphatic rings. The van der Waals surface area contributed by atoms with Crippen molar-refractivity contribution < 1.29 is 26.4 Å². The van der Waals surface area contributed by atoms with Crippen LogP contribution in [0, 0.1) is 0 Å². The molecule has 1 heterocycles. The van der Waals surface area contributed by atoms with Crippen molar-refractivity contribution in [1.29, 1.82) is 0 Å². The number of nitrogens with zero attached hydrogens (tertiary/aromatic N) is 1. The average molecular weight is 435 g/mol. The van der Waals surface area contributed by atoms with Gasteiger partial charge in [-0.3, -0.25) is 4.79 Å². The molecule has 2 aromatic rings. The monoisotopic (exact) mass is 435 g/mol. The number of amides is 1. The summed E-state index contributed by atoms with van der Waals surface area (Å²) in [6.07, 6.45) is -4.84. The Bertz CT molecular complexity index is 940. The third-order valence-corrected chi connectivity index (χ3v) is 6.51. The van der Waals surface area contributed by atoms with Crippen LogP contribution < -0.4 is 10.0 Å². The molecule has 1 amide bonds. The molecule has 0 fully saturated rings. The summed E-state index contributed by atoms with van der Waals surface area (Å²) in [5, 5.41) is 5.21. The first-order chi connectivity index (χ1) is 12.9. The lowest BCUT2D eigenvalue weighted by atomic mass is 10.2. The SMILES string of the molecule is CC(C)c1nc(CNC(=O)[C@H](C)NS(=O)(=O)c2ccccc2C(F)(F)F)cs1. The third kappa shape index (κ3) is 5.52. The summed E-state index contributed by atoms with van der Waals surface area (Å²) >= 11 is 1.45. The largest absolute Gasteiger partial charge is 0.417 e. The van der Waals surface area contributed by atoms with E-state index in [0.717, 1.165) is 17.1 Å². The molecule has 6 nitrogen and oxygen atoms in total. The highest BCUT2D eigenvalue weighted by molar-refractivity contribution is 7.89. The number of carbonyl (C=O) groups excluding carboxylic acids is 1. The van der Waals surface area contributed by atoms with Crippen LogP contribution in [0.3, 0.4) is 0 Å². The van der Waals surface area contributed by atoms with E-state index in [1.165, 1.54) is 24.3 Å². The van der Waals surface area contributed by atoms with Gasteiger partial charge in [-0.15, -0.1) is 11.3 Å². The van der Waals surface area contributed by atoms with E-state index in [9.17, 15) is 26.4 Å². The molecule has 2 rings (SSSR count). The van der Waals surface area contributed by atoms with Crippen molar-refractivity contribution in [2.45, 2.75) is 50.3 Å². The van der Waals surface area contributed by atoms with Gasteiger partial charge in [-0.1, -0.05) is 26.0 Å². The fourth-order valence-electron chi connectivity index (χ4n) is 2.28. The van der Waals surface area contributed by atoms with E-state index in [1.54, 1.807) is 5.38 Å². The quantitative estimate of drug-likeness (QED) is 0.699. The van der Waals surface area contributed by atoms with Crippen LogP contribution in [0.4, 0.5) is 13.2 Å². The van der Waals surface area contributed by atoms with Gasteiger partial charge in [-0.05, 0) is 19.1 Å². The van der Waals surface area contributed by atoms with E-state index in [2.05, 4.69) is 10.3 Å². The first-order valence-electron chi connectivity index (χ1n) is 8.32. The molecule has 154 valence electrons. The van der Waals surface area contributed by atoms with E-state index in [4.69, 9.17) is 0 Å². The molecular weight excluding hydrogens is 415 g/mol. The first-order valence-corrected chi connectivity index (χ1v) is 10.7. The maximum atomic E-state index is 13.1. The Kier molecular flexibility index (Phi) is 6.84. The minimum Gasteiger partial charge on any atom is -0.349 e. The molecule has 0 aliphatic heterocycles. The molecule has 1 atom stereocenters. The number of aromatic nitrogens is 1. The topological polar surface area (TPSA) is 88.2 Å². The van der Waals surface area contributed by atoms with E-state index in [1.807, 2.05) is 18.6 Å². The van der Waals surface area contributed by atoms with Crippen molar-refractivity contribution in [3.05, 3.63) is 45.9 Å². The second-order valence-electron chi connectivity index (χ2n) is 6.39. The highest BCUT2D eigenvalue weighted by Gasteiger charge is 2.37. The lowest BCUT2D eigenvalue weighted by Gasteiger charge is -2.17. The zero-order valence-electron chi connectivity index (χ0n) is 15.4. The summed E-state index contributed by atoms with van der Waals surface area (Å²) in [7, 11) is -4.55. The summed E-state index contributed by atoms with van der Waals surface area (Å²) in [6, 6.07) is 2.53. The lowest BCUT2D eigenvalue weighted by Crippen LogP contribution is -2.44. The number of halogens is 3. The van der Waals surface area contributed by atoms with E-state index < -0.39 is 38.6 Å². The molecule has 0 bridgehead atoms. The molecule has 0 aliphatic carbocycles. The predicted molar refractivity (Wildman–Crippen MR) is 99.3 cm³/mol. The van der Waals surface area contributed by atoms with Gasteiger partial charge >= 0.3 is 6.18 Å². The van der Waals surface area contributed by atoms with Crippen LogP contribution in [0.1, 0.15) is 43.0 Å². The predicted octanol–water partition coefficient (Wildman–Crippen LogP) is 3.27. The molecule has 0 saturated carbocycles. The van der Waals surface area contributed by atoms with Gasteiger partial charge < -0.3 is 5.32 Å². The minimum atomic E-state index is -4.84. The number of sulfonamides is 1. The second-order valence-corrected chi connectivity index (χ2v) is 8.96. The van der Waals surface area contributed by atoms with E-state index in [0.29, 0.717) is 11.8 Å². The molecule has 0 spiro atoms. The second kappa shape index (κ2) is 8.58. The van der Waals surface area contributed by atoms with Crippen LogP contribution in [0.25, 0.3) is 0 Å². The van der Waals surface area contributed by atoms with Gasteiger partial charge in [-0.25, -0.2) is 13.4 Å². The van der Waals surface area contributed by atoms with Gasteiger partial charge in [-0.2, -0.15) is 17.9 Å². The highest BCUT2D eigenvalue weighted by Crippen LogP contribution is 2.33. The normalized spacial score (nSPS) is 13.5. The Hall–Kier alpha value is -1.98. The summed E-state index contributed by atoms with van der Waals surface area (Å²) in [5.41, 5.74) is -0.668. The van der Waals surface area contributed by atoms with Crippen LogP contribution >= 0.6 is 11.3 Å². The smallest absolute Gasteiger partial charge is 0.349 e. The number of thiazole rings is 1. The molecular formula is C17H20F3N3O3S2. The number of benzene rings is 1. The van der Waals surface area contributed by atoms with Crippen molar-refractivity contribution in [3.63, 3.8) is 0 Å². The van der Waals surface area contributed by atoms with Gasteiger partial charge in [0.2, 0.25) is 15.9 Å². The van der Waals surface area contributed by atoms with Crippen molar-refractivity contribution in [1.82, 2.24) is 15.0 Å². The van der Waals surface area contributed by atoms with Crippen molar-refractivity contribution in [2.24, 2.45) is 0 Å². The molecule has 0 unspecified atom stereocenters. The summed E-state index contributed by atoms with van der Waals surface area (Å²) in [5.74, 6) is -0.430. The van der Waals surface area contributed by atoms with Crippen LogP contribution in [-0.2, 0) is 27.5 Å². The Morgan fingerprint density at radius 3 is 2.43 bits per heavy atom. The maximum absolute atomic E-state index is 13.1. The minimum absolute atomic E-state index is 0.0905. The third-order valence-electron chi connectivity index (χ3n) is 3.71. The average Bonchev–Trinajstić information content (AvgIpc) is 3.08. The number of hydrogen-bond donors (Lipinski definition) is 2. The number of hydrogen-bond acceptors (Lipinski definition) is 5. The van der Waals surface area contributed by atoms with Crippen molar-refractivity contribution >= 4 is 27.3 Å². The number of nitrogens with one attached hydrogen (secondary N) is 2. The Morgan fingerprint density at radius 1 is 1.21 bits per heavy atom. The molecule has 11 heteroatoms. The maximum Gasteiger partial charge on any atom is 0.417 e. The van der Waals surface area contributed by atoms with Crippen molar-refractivity contribution in [3.8, 4) is 0 Å². The van der Waals surface area contributed by atoms with E-state index >= 15 is 0 Å². The zero-order valence-corrected chi connectivity index (χ0v) is 17.0.